The van der Waals surface area contributed by atoms with Gasteiger partial charge in [0.1, 0.15) is 12.0 Å². The number of hydrogen-bond donors (Lipinski definition) is 1. The van der Waals surface area contributed by atoms with Crippen molar-refractivity contribution in [1.29, 1.82) is 0 Å². The molecule has 0 aliphatic carbocycles. The van der Waals surface area contributed by atoms with E-state index in [1.165, 1.54) is 13.4 Å². The minimum absolute atomic E-state index is 0.0780. The summed E-state index contributed by atoms with van der Waals surface area (Å²) in [5.74, 6) is 0.344. The molecule has 27 heavy (non-hydrogen) atoms. The van der Waals surface area contributed by atoms with E-state index < -0.39 is 5.97 Å². The summed E-state index contributed by atoms with van der Waals surface area (Å²) >= 11 is 0. The molecular formula is C19H25N3O5. The van der Waals surface area contributed by atoms with Gasteiger partial charge in [-0.3, -0.25) is 0 Å². The van der Waals surface area contributed by atoms with Gasteiger partial charge in [0.2, 0.25) is 5.89 Å². The molecule has 1 N–H and O–H groups in total. The molecule has 0 fully saturated rings. The van der Waals surface area contributed by atoms with E-state index in [4.69, 9.17) is 9.15 Å². The predicted molar refractivity (Wildman–Crippen MR) is 99.8 cm³/mol. The number of nitrogens with zero attached hydrogens (tertiary/aromatic N) is 2. The lowest BCUT2D eigenvalue weighted by Gasteiger charge is -2.21. The summed E-state index contributed by atoms with van der Waals surface area (Å²) in [6.07, 6.45) is 4.12. The Kier molecular flexibility index (Phi) is 7.66. The normalized spacial score (nSPS) is 10.3. The highest BCUT2D eigenvalue weighted by molar-refractivity contribution is 5.89. The number of oxazole rings is 1. The van der Waals surface area contributed by atoms with E-state index >= 15 is 0 Å². The van der Waals surface area contributed by atoms with Crippen LogP contribution in [0, 0.1) is 0 Å². The molecule has 0 atom stereocenters. The van der Waals surface area contributed by atoms with E-state index in [2.05, 4.69) is 22.0 Å². The Labute approximate surface area is 158 Å². The van der Waals surface area contributed by atoms with Gasteiger partial charge in [0.05, 0.1) is 20.8 Å². The van der Waals surface area contributed by atoms with Gasteiger partial charge in [-0.05, 0) is 18.6 Å². The summed E-state index contributed by atoms with van der Waals surface area (Å²) in [6.45, 7) is 2.79. The molecule has 0 bridgehead atoms. The number of nitrogens with one attached hydrogen (secondary N) is 1. The number of rotatable bonds is 9. The third-order valence-corrected chi connectivity index (χ3v) is 3.91. The van der Waals surface area contributed by atoms with Gasteiger partial charge in [-0.25, -0.2) is 14.6 Å². The zero-order valence-electron chi connectivity index (χ0n) is 15.9. The van der Waals surface area contributed by atoms with Crippen molar-refractivity contribution in [3.05, 3.63) is 42.1 Å². The van der Waals surface area contributed by atoms with E-state index in [0.29, 0.717) is 18.0 Å². The van der Waals surface area contributed by atoms with Crippen LogP contribution in [0.5, 0.6) is 5.75 Å². The first-order valence-electron chi connectivity index (χ1n) is 8.80. The Hall–Kier alpha value is -3.03. The standard InChI is InChI=1S/C19H25N3O5/c1-4-5-6-10-22(12-17-21-16(13-27-17)18(23)26-3)19(24)20-14-8-7-9-15(11-14)25-2/h7-9,11,13H,4-6,10,12H2,1-3H3,(H,20,24). The molecule has 2 rings (SSSR count). The summed E-state index contributed by atoms with van der Waals surface area (Å²) < 4.78 is 15.1. The SMILES string of the molecule is CCCCCN(Cc1nc(C(=O)OC)co1)C(=O)Nc1cccc(OC)c1. The Morgan fingerprint density at radius 2 is 2.07 bits per heavy atom. The zero-order chi connectivity index (χ0) is 19.6. The van der Waals surface area contributed by atoms with Crippen molar-refractivity contribution >= 4 is 17.7 Å². The predicted octanol–water partition coefficient (Wildman–Crippen LogP) is 3.69. The number of esters is 1. The fourth-order valence-electron chi connectivity index (χ4n) is 2.45. The maximum atomic E-state index is 12.7. The lowest BCUT2D eigenvalue weighted by molar-refractivity contribution is 0.0594. The van der Waals surface area contributed by atoms with Gasteiger partial charge in [0.25, 0.3) is 0 Å². The lowest BCUT2D eigenvalue weighted by Crippen LogP contribution is -2.35. The van der Waals surface area contributed by atoms with Crippen LogP contribution in [0.2, 0.25) is 0 Å². The van der Waals surface area contributed by atoms with Crippen LogP contribution in [0.4, 0.5) is 10.5 Å². The number of hydrogen-bond acceptors (Lipinski definition) is 6. The van der Waals surface area contributed by atoms with Crippen molar-refractivity contribution in [3.63, 3.8) is 0 Å². The fourth-order valence-corrected chi connectivity index (χ4v) is 2.45. The molecule has 2 amide bonds. The van der Waals surface area contributed by atoms with Gasteiger partial charge in [0, 0.05) is 18.3 Å². The second-order valence-corrected chi connectivity index (χ2v) is 5.91. The minimum atomic E-state index is -0.580. The number of anilines is 1. The molecule has 0 saturated carbocycles. The highest BCUT2D eigenvalue weighted by atomic mass is 16.5. The van der Waals surface area contributed by atoms with Gasteiger partial charge in [-0.1, -0.05) is 25.8 Å². The molecule has 0 saturated heterocycles. The van der Waals surface area contributed by atoms with Crippen LogP contribution < -0.4 is 10.1 Å². The maximum Gasteiger partial charge on any atom is 0.360 e. The summed E-state index contributed by atoms with van der Waals surface area (Å²) in [5, 5.41) is 2.85. The fraction of sp³-hybridized carbons (Fsp3) is 0.421. The Morgan fingerprint density at radius 1 is 1.26 bits per heavy atom. The molecule has 1 aromatic heterocycles. The molecule has 1 heterocycles. The van der Waals surface area contributed by atoms with Crippen LogP contribution in [-0.2, 0) is 11.3 Å². The highest BCUT2D eigenvalue weighted by Crippen LogP contribution is 2.18. The molecule has 0 spiro atoms. The van der Waals surface area contributed by atoms with Gasteiger partial charge in [-0.2, -0.15) is 0 Å². The second kappa shape index (κ2) is 10.2. The van der Waals surface area contributed by atoms with E-state index in [9.17, 15) is 9.59 Å². The lowest BCUT2D eigenvalue weighted by atomic mass is 10.2. The number of benzene rings is 1. The molecule has 8 heteroatoms. The van der Waals surface area contributed by atoms with Crippen LogP contribution in [0.15, 0.2) is 34.9 Å². The number of ether oxygens (including phenoxy) is 2. The van der Waals surface area contributed by atoms with Gasteiger partial charge < -0.3 is 24.1 Å². The summed E-state index contributed by atoms with van der Waals surface area (Å²) in [7, 11) is 2.84. The number of aromatic nitrogens is 1. The molecule has 0 aliphatic heterocycles. The number of unbranched alkanes of at least 4 members (excludes halogenated alkanes) is 2. The van der Waals surface area contributed by atoms with Crippen LogP contribution in [0.3, 0.4) is 0 Å². The van der Waals surface area contributed by atoms with Crippen molar-refractivity contribution in [3.8, 4) is 5.75 Å². The summed E-state index contributed by atoms with van der Waals surface area (Å²) in [6, 6.07) is 6.84. The van der Waals surface area contributed by atoms with Crippen molar-refractivity contribution in [2.45, 2.75) is 32.7 Å². The molecule has 1 aromatic carbocycles. The number of methoxy groups -OCH3 is 2. The number of amides is 2. The zero-order valence-corrected chi connectivity index (χ0v) is 15.9. The minimum Gasteiger partial charge on any atom is -0.497 e. The molecule has 0 aliphatic rings. The quantitative estimate of drug-likeness (QED) is 0.531. The number of urea groups is 1. The first-order chi connectivity index (χ1) is 13.1. The van der Waals surface area contributed by atoms with E-state index in [0.717, 1.165) is 19.3 Å². The van der Waals surface area contributed by atoms with Crippen LogP contribution >= 0.6 is 0 Å². The van der Waals surface area contributed by atoms with Gasteiger partial charge in [-0.15, -0.1) is 0 Å². The van der Waals surface area contributed by atoms with E-state index in [1.807, 2.05) is 0 Å². The molecule has 2 aromatic rings. The average molecular weight is 375 g/mol. The van der Waals surface area contributed by atoms with Crippen molar-refractivity contribution in [2.24, 2.45) is 0 Å². The Morgan fingerprint density at radius 3 is 2.78 bits per heavy atom. The number of carbonyl (C=O) groups excluding carboxylic acids is 2. The van der Waals surface area contributed by atoms with E-state index in [1.54, 1.807) is 36.3 Å². The van der Waals surface area contributed by atoms with Crippen molar-refractivity contribution in [2.75, 3.05) is 26.1 Å². The molecule has 8 nitrogen and oxygen atoms in total. The van der Waals surface area contributed by atoms with Gasteiger partial charge in [0.15, 0.2) is 5.69 Å². The van der Waals surface area contributed by atoms with Crippen LogP contribution in [0.1, 0.15) is 42.6 Å². The third-order valence-electron chi connectivity index (χ3n) is 3.91. The molecular weight excluding hydrogens is 350 g/mol. The summed E-state index contributed by atoms with van der Waals surface area (Å²) in [4.78, 5) is 29.9. The topological polar surface area (TPSA) is 93.9 Å². The number of carbonyl (C=O) groups is 2. The molecule has 146 valence electrons. The second-order valence-electron chi connectivity index (χ2n) is 5.91. The molecule has 0 unspecified atom stereocenters. The highest BCUT2D eigenvalue weighted by Gasteiger charge is 2.19. The van der Waals surface area contributed by atoms with E-state index in [-0.39, 0.29) is 24.2 Å². The van der Waals surface area contributed by atoms with Crippen LogP contribution in [0.25, 0.3) is 0 Å². The van der Waals surface area contributed by atoms with Crippen LogP contribution in [-0.4, -0.2) is 42.6 Å². The van der Waals surface area contributed by atoms with Crippen molar-refractivity contribution < 1.29 is 23.5 Å². The Balaban J connectivity index is 2.08. The molecule has 0 radical (unpaired) electrons. The maximum absolute atomic E-state index is 12.7. The first-order valence-corrected chi connectivity index (χ1v) is 8.80. The summed E-state index contributed by atoms with van der Waals surface area (Å²) in [5.41, 5.74) is 0.705. The van der Waals surface area contributed by atoms with Gasteiger partial charge >= 0.3 is 12.0 Å². The average Bonchev–Trinajstić information content (AvgIpc) is 3.15. The largest absolute Gasteiger partial charge is 0.497 e. The first kappa shape index (κ1) is 20.3. The smallest absolute Gasteiger partial charge is 0.360 e. The third kappa shape index (κ3) is 6.02. The monoisotopic (exact) mass is 375 g/mol. The van der Waals surface area contributed by atoms with Crippen molar-refractivity contribution in [1.82, 2.24) is 9.88 Å². The Bertz CT molecular complexity index is 759.